The normalized spacial score (nSPS) is 15.0. The predicted molar refractivity (Wildman–Crippen MR) is 101 cm³/mol. The Bertz CT molecular complexity index is 1050. The number of aromatic amines is 2. The lowest BCUT2D eigenvalue weighted by Crippen LogP contribution is -2.38. The predicted octanol–water partition coefficient (Wildman–Crippen LogP) is 2.63. The van der Waals surface area contributed by atoms with Crippen molar-refractivity contribution in [2.75, 3.05) is 13.1 Å². The molecule has 0 radical (unpaired) electrons. The molecule has 1 aromatic carbocycles. The molecule has 1 saturated heterocycles. The van der Waals surface area contributed by atoms with Crippen LogP contribution in [0.3, 0.4) is 0 Å². The molecule has 1 amide bonds. The van der Waals surface area contributed by atoms with Gasteiger partial charge in [-0.2, -0.15) is 5.10 Å². The van der Waals surface area contributed by atoms with E-state index in [2.05, 4.69) is 20.2 Å². The van der Waals surface area contributed by atoms with Crippen molar-refractivity contribution in [1.29, 1.82) is 0 Å². The maximum Gasteiger partial charge on any atom is 0.271 e. The summed E-state index contributed by atoms with van der Waals surface area (Å²) in [4.78, 5) is 33.3. The van der Waals surface area contributed by atoms with Crippen LogP contribution in [-0.4, -0.2) is 44.1 Å². The van der Waals surface area contributed by atoms with Gasteiger partial charge in [0.2, 0.25) is 0 Å². The second-order valence-electron chi connectivity index (χ2n) is 7.00. The standard InChI is InChI=1S/C20H20FN5O2/c1-12-22-16(11-19(27)23-12)14-6-8-26(9-7-14)20(28)18-10-17(24-25-18)13-2-4-15(21)5-3-13/h2-5,10-11,14H,6-9H2,1H3,(H,24,25)(H,22,23,27). The van der Waals surface area contributed by atoms with Crippen molar-refractivity contribution < 1.29 is 9.18 Å². The maximum absolute atomic E-state index is 13.1. The van der Waals surface area contributed by atoms with E-state index < -0.39 is 0 Å². The minimum Gasteiger partial charge on any atom is -0.337 e. The van der Waals surface area contributed by atoms with Gasteiger partial charge in [0, 0.05) is 30.6 Å². The number of aromatic nitrogens is 4. The molecule has 0 bridgehead atoms. The molecule has 0 atom stereocenters. The Hall–Kier alpha value is -3.29. The fraction of sp³-hybridized carbons (Fsp3) is 0.300. The molecule has 3 aromatic rings. The zero-order valence-corrected chi connectivity index (χ0v) is 15.4. The number of H-pyrrole nitrogens is 2. The van der Waals surface area contributed by atoms with Gasteiger partial charge in [-0.15, -0.1) is 0 Å². The van der Waals surface area contributed by atoms with Crippen LogP contribution >= 0.6 is 0 Å². The van der Waals surface area contributed by atoms with Crippen LogP contribution in [0.15, 0.2) is 41.2 Å². The summed E-state index contributed by atoms with van der Waals surface area (Å²) in [5, 5.41) is 6.95. The molecule has 2 aromatic heterocycles. The number of aryl methyl sites for hydroxylation is 1. The van der Waals surface area contributed by atoms with E-state index >= 15 is 0 Å². The van der Waals surface area contributed by atoms with Crippen LogP contribution in [-0.2, 0) is 0 Å². The van der Waals surface area contributed by atoms with E-state index in [1.807, 2.05) is 0 Å². The van der Waals surface area contributed by atoms with E-state index in [0.717, 1.165) is 24.1 Å². The number of hydrogen-bond donors (Lipinski definition) is 2. The first-order valence-corrected chi connectivity index (χ1v) is 9.18. The minimum absolute atomic E-state index is 0.116. The lowest BCUT2D eigenvalue weighted by atomic mass is 9.93. The quantitative estimate of drug-likeness (QED) is 0.729. The molecule has 0 spiro atoms. The summed E-state index contributed by atoms with van der Waals surface area (Å²) in [6, 6.07) is 9.20. The van der Waals surface area contributed by atoms with Gasteiger partial charge in [0.15, 0.2) is 0 Å². The number of carbonyl (C=O) groups excluding carboxylic acids is 1. The molecule has 7 nitrogen and oxygen atoms in total. The van der Waals surface area contributed by atoms with Crippen molar-refractivity contribution in [3.8, 4) is 11.3 Å². The van der Waals surface area contributed by atoms with Gasteiger partial charge in [0.05, 0.1) is 11.4 Å². The molecule has 3 heterocycles. The Labute approximate surface area is 160 Å². The van der Waals surface area contributed by atoms with Gasteiger partial charge < -0.3 is 9.88 Å². The van der Waals surface area contributed by atoms with E-state index in [0.29, 0.717) is 30.3 Å². The number of piperidine rings is 1. The number of carbonyl (C=O) groups is 1. The number of nitrogens with zero attached hydrogens (tertiary/aromatic N) is 3. The van der Waals surface area contributed by atoms with Crippen LogP contribution in [0.1, 0.15) is 40.8 Å². The SMILES string of the molecule is Cc1nc(C2CCN(C(=O)c3cc(-c4ccc(F)cc4)n[nH]3)CC2)cc(=O)[nH]1. The van der Waals surface area contributed by atoms with E-state index in [-0.39, 0.29) is 23.2 Å². The number of halogens is 1. The second kappa shape index (κ2) is 7.38. The lowest BCUT2D eigenvalue weighted by Gasteiger charge is -2.31. The molecule has 1 fully saturated rings. The highest BCUT2D eigenvalue weighted by Gasteiger charge is 2.26. The number of likely N-dealkylation sites (tertiary alicyclic amines) is 1. The highest BCUT2D eigenvalue weighted by molar-refractivity contribution is 5.93. The average molecular weight is 381 g/mol. The fourth-order valence-electron chi connectivity index (χ4n) is 3.56. The lowest BCUT2D eigenvalue weighted by molar-refractivity contribution is 0.0706. The number of amides is 1. The van der Waals surface area contributed by atoms with Gasteiger partial charge in [-0.3, -0.25) is 14.7 Å². The summed E-state index contributed by atoms with van der Waals surface area (Å²) in [5.41, 5.74) is 2.38. The number of hydrogen-bond acceptors (Lipinski definition) is 4. The monoisotopic (exact) mass is 381 g/mol. The van der Waals surface area contributed by atoms with Crippen LogP contribution in [0.2, 0.25) is 0 Å². The number of rotatable bonds is 3. The van der Waals surface area contributed by atoms with Crippen molar-refractivity contribution in [3.05, 3.63) is 69.8 Å². The molecule has 1 aliphatic heterocycles. The highest BCUT2D eigenvalue weighted by atomic mass is 19.1. The Morgan fingerprint density at radius 2 is 1.89 bits per heavy atom. The Morgan fingerprint density at radius 1 is 1.18 bits per heavy atom. The molecule has 8 heteroatoms. The first-order valence-electron chi connectivity index (χ1n) is 9.18. The first kappa shape index (κ1) is 18.1. The second-order valence-corrected chi connectivity index (χ2v) is 7.00. The van der Waals surface area contributed by atoms with Gasteiger partial charge in [-0.1, -0.05) is 0 Å². The van der Waals surface area contributed by atoms with Gasteiger partial charge in [0.25, 0.3) is 11.5 Å². The van der Waals surface area contributed by atoms with E-state index in [4.69, 9.17) is 0 Å². The molecule has 28 heavy (non-hydrogen) atoms. The molecule has 0 saturated carbocycles. The van der Waals surface area contributed by atoms with Gasteiger partial charge >= 0.3 is 0 Å². The van der Waals surface area contributed by atoms with Crippen molar-refractivity contribution in [2.45, 2.75) is 25.7 Å². The fourth-order valence-corrected chi connectivity index (χ4v) is 3.56. The third kappa shape index (κ3) is 3.71. The van der Waals surface area contributed by atoms with Gasteiger partial charge in [0.1, 0.15) is 17.3 Å². The van der Waals surface area contributed by atoms with E-state index in [9.17, 15) is 14.0 Å². The van der Waals surface area contributed by atoms with Crippen molar-refractivity contribution in [1.82, 2.24) is 25.1 Å². The molecule has 144 valence electrons. The summed E-state index contributed by atoms with van der Waals surface area (Å²) in [6.07, 6.45) is 1.50. The first-order chi connectivity index (χ1) is 13.5. The molecular weight excluding hydrogens is 361 g/mol. The summed E-state index contributed by atoms with van der Waals surface area (Å²) < 4.78 is 13.1. The molecule has 4 rings (SSSR count). The number of nitrogens with one attached hydrogen (secondary N) is 2. The van der Waals surface area contributed by atoms with Crippen molar-refractivity contribution in [2.24, 2.45) is 0 Å². The van der Waals surface area contributed by atoms with Crippen LogP contribution < -0.4 is 5.56 Å². The molecule has 2 N–H and O–H groups in total. The Morgan fingerprint density at radius 3 is 2.57 bits per heavy atom. The summed E-state index contributed by atoms with van der Waals surface area (Å²) >= 11 is 0. The molecule has 0 aliphatic carbocycles. The van der Waals surface area contributed by atoms with Crippen LogP contribution in [0, 0.1) is 12.7 Å². The Balaban J connectivity index is 1.43. The summed E-state index contributed by atoms with van der Waals surface area (Å²) in [6.45, 7) is 2.93. The van der Waals surface area contributed by atoms with Crippen molar-refractivity contribution >= 4 is 5.91 Å². The molecule has 0 unspecified atom stereocenters. The number of benzene rings is 1. The van der Waals surface area contributed by atoms with E-state index in [1.54, 1.807) is 36.1 Å². The summed E-state index contributed by atoms with van der Waals surface area (Å²) in [7, 11) is 0. The average Bonchev–Trinajstić information content (AvgIpc) is 3.17. The minimum atomic E-state index is -0.316. The molecular formula is C20H20FN5O2. The third-order valence-corrected chi connectivity index (χ3v) is 5.03. The van der Waals surface area contributed by atoms with Crippen LogP contribution in [0.4, 0.5) is 4.39 Å². The van der Waals surface area contributed by atoms with Gasteiger partial charge in [-0.05, 0) is 50.1 Å². The Kier molecular flexibility index (Phi) is 4.77. The van der Waals surface area contributed by atoms with Crippen molar-refractivity contribution in [3.63, 3.8) is 0 Å². The van der Waals surface area contributed by atoms with Crippen LogP contribution in [0.25, 0.3) is 11.3 Å². The zero-order chi connectivity index (χ0) is 19.7. The summed E-state index contributed by atoms with van der Waals surface area (Å²) in [5.74, 6) is 0.339. The maximum atomic E-state index is 13.1. The highest BCUT2D eigenvalue weighted by Crippen LogP contribution is 2.27. The van der Waals surface area contributed by atoms with Gasteiger partial charge in [-0.25, -0.2) is 9.37 Å². The zero-order valence-electron chi connectivity index (χ0n) is 15.4. The van der Waals surface area contributed by atoms with Crippen LogP contribution in [0.5, 0.6) is 0 Å². The third-order valence-electron chi connectivity index (χ3n) is 5.03. The largest absolute Gasteiger partial charge is 0.337 e. The smallest absolute Gasteiger partial charge is 0.271 e. The topological polar surface area (TPSA) is 94.7 Å². The molecule has 1 aliphatic rings. The van der Waals surface area contributed by atoms with E-state index in [1.165, 1.54) is 12.1 Å².